The van der Waals surface area contributed by atoms with Gasteiger partial charge in [0.1, 0.15) is 17.8 Å². The molecule has 13 nitrogen and oxygen atoms in total. The van der Waals surface area contributed by atoms with Gasteiger partial charge in [0.15, 0.2) is 23.2 Å². The Morgan fingerprint density at radius 1 is 1.29 bits per heavy atom. The Balaban J connectivity index is 1.27. The molecule has 0 spiro atoms. The van der Waals surface area contributed by atoms with Gasteiger partial charge in [-0.05, 0) is 37.2 Å². The number of thioether (sulfide) groups is 2. The van der Waals surface area contributed by atoms with E-state index in [-0.39, 0.29) is 34.9 Å². The van der Waals surface area contributed by atoms with Gasteiger partial charge in [0.2, 0.25) is 6.54 Å². The van der Waals surface area contributed by atoms with E-state index >= 15 is 0 Å². The number of oxime groups is 1. The van der Waals surface area contributed by atoms with E-state index in [1.165, 1.54) is 23.5 Å². The molecule has 4 heterocycles. The maximum Gasteiger partial charge on any atom is 0.283 e. The first kappa shape index (κ1) is 29.6. The first-order valence-corrected chi connectivity index (χ1v) is 15.7. The van der Waals surface area contributed by atoms with E-state index < -0.39 is 35.8 Å². The lowest BCUT2D eigenvalue weighted by Crippen LogP contribution is -2.73. The predicted molar refractivity (Wildman–Crippen MR) is 154 cm³/mol. The fourth-order valence-electron chi connectivity index (χ4n) is 4.75. The largest absolute Gasteiger partial charge is 0.543 e. The van der Waals surface area contributed by atoms with Crippen LogP contribution in [0.2, 0.25) is 0 Å². The zero-order valence-corrected chi connectivity index (χ0v) is 24.6. The zero-order valence-electron chi connectivity index (χ0n) is 22.1. The molecule has 2 aromatic rings. The van der Waals surface area contributed by atoms with Crippen molar-refractivity contribution >= 4 is 69.4 Å². The van der Waals surface area contributed by atoms with Gasteiger partial charge in [0, 0.05) is 33.1 Å². The summed E-state index contributed by atoms with van der Waals surface area (Å²) >= 11 is 3.73. The molecule has 3 aliphatic rings. The van der Waals surface area contributed by atoms with Gasteiger partial charge in [0.05, 0.1) is 17.7 Å². The molecule has 42 heavy (non-hydrogen) atoms. The average molecular weight is 630 g/mol. The van der Waals surface area contributed by atoms with Crippen LogP contribution in [0, 0.1) is 0 Å². The number of fused-ring (bicyclic) bond motifs is 1. The number of allylic oxidation sites excluding steroid dienone is 1. The minimum Gasteiger partial charge on any atom is -0.543 e. The number of β-lactam (4-membered cyclic amide) rings is 1. The molecule has 2 atom stereocenters. The number of primary amides is 1. The third kappa shape index (κ3) is 6.60. The number of nitrogens with zero attached hydrogens (tertiary/aromatic N) is 4. The van der Waals surface area contributed by atoms with E-state index in [1.54, 1.807) is 46.0 Å². The SMILES string of the molecule is NC(=O)C[n+]1ccc(S/C=C/C2=C(C(=O)[O-])N3C(=O)C(NC(=O)/C(=N/OC4CCCC4)c4csc(N)n4)C3CS2)cc1. The Morgan fingerprint density at radius 2 is 2.02 bits per heavy atom. The van der Waals surface area contributed by atoms with Gasteiger partial charge in [-0.2, -0.15) is 4.57 Å². The molecule has 1 aliphatic carbocycles. The van der Waals surface area contributed by atoms with Crippen LogP contribution in [0.25, 0.3) is 0 Å². The van der Waals surface area contributed by atoms with Crippen LogP contribution in [0.4, 0.5) is 5.13 Å². The van der Waals surface area contributed by atoms with Crippen molar-refractivity contribution in [1.82, 2.24) is 15.2 Å². The lowest BCUT2D eigenvalue weighted by molar-refractivity contribution is -0.684. The van der Waals surface area contributed by atoms with Crippen LogP contribution >= 0.6 is 34.9 Å². The topological polar surface area (TPSA) is 197 Å². The molecule has 1 saturated carbocycles. The van der Waals surface area contributed by atoms with Crippen LogP contribution in [0.15, 0.2) is 62.0 Å². The maximum atomic E-state index is 13.3. The quantitative estimate of drug-likeness (QED) is 0.0990. The normalized spacial score (nSPS) is 20.9. The van der Waals surface area contributed by atoms with Gasteiger partial charge >= 0.3 is 0 Å². The molecule has 5 rings (SSSR count). The summed E-state index contributed by atoms with van der Waals surface area (Å²) in [5.41, 5.74) is 10.8. The molecule has 2 aromatic heterocycles. The van der Waals surface area contributed by atoms with Gasteiger partial charge in [-0.25, -0.2) is 4.98 Å². The van der Waals surface area contributed by atoms with E-state index in [0.717, 1.165) is 46.8 Å². The number of hydrogen-bond acceptors (Lipinski definition) is 12. The molecule has 3 amide bonds. The molecule has 2 aliphatic heterocycles. The van der Waals surface area contributed by atoms with Crippen LogP contribution in [-0.2, 0) is 30.6 Å². The molecule has 2 fully saturated rings. The highest BCUT2D eigenvalue weighted by Gasteiger charge is 2.52. The molecule has 0 bridgehead atoms. The number of nitrogens with one attached hydrogen (secondary N) is 1. The van der Waals surface area contributed by atoms with Crippen LogP contribution in [0.5, 0.6) is 0 Å². The standard InChI is InChI=1S/C26H27N7O6S3/c27-19(34)11-32-8-5-15(6-9-32)40-10-7-18-22(25(37)38)33-17(13-41-18)21(24(33)36)30-23(35)20(16-12-42-26(28)29-16)31-39-14-3-1-2-4-14/h5-10,12,14,17,21H,1-4,11,13H2,(H5-,27,28,29,30,34,35,37,38)/b10-7+,31-20+. The summed E-state index contributed by atoms with van der Waals surface area (Å²) in [5, 5.41) is 22.4. The number of aromatic nitrogens is 2. The van der Waals surface area contributed by atoms with Crippen molar-refractivity contribution in [3.8, 4) is 0 Å². The number of nitrogen functional groups attached to an aromatic ring is 1. The Labute approximate surface area is 253 Å². The van der Waals surface area contributed by atoms with Gasteiger partial charge in [-0.1, -0.05) is 16.9 Å². The van der Waals surface area contributed by atoms with Gasteiger partial charge < -0.3 is 36.4 Å². The molecular formula is C26H27N7O6S3. The number of aliphatic carboxylic acids is 1. The average Bonchev–Trinajstić information content (AvgIpc) is 3.64. The van der Waals surface area contributed by atoms with E-state index in [0.29, 0.717) is 10.7 Å². The molecule has 16 heteroatoms. The lowest BCUT2D eigenvalue weighted by atomic mass is 9.94. The Bertz CT molecular complexity index is 1480. The van der Waals surface area contributed by atoms with E-state index in [4.69, 9.17) is 16.3 Å². The number of pyridine rings is 1. The van der Waals surface area contributed by atoms with Crippen LogP contribution in [-0.4, -0.2) is 63.2 Å². The Morgan fingerprint density at radius 3 is 2.67 bits per heavy atom. The van der Waals surface area contributed by atoms with Crippen LogP contribution < -0.4 is 26.5 Å². The second kappa shape index (κ2) is 13.0. The van der Waals surface area contributed by atoms with E-state index in [1.807, 2.05) is 0 Å². The summed E-state index contributed by atoms with van der Waals surface area (Å²) in [6, 6.07) is 2.04. The molecule has 2 unspecified atom stereocenters. The highest BCUT2D eigenvalue weighted by molar-refractivity contribution is 8.04. The molecular weight excluding hydrogens is 603 g/mol. The monoisotopic (exact) mass is 629 g/mol. The van der Waals surface area contributed by atoms with E-state index in [2.05, 4.69) is 15.5 Å². The summed E-state index contributed by atoms with van der Waals surface area (Å²) in [6.45, 7) is 0.0631. The third-order valence-corrected chi connectivity index (χ3v) is 9.42. The van der Waals surface area contributed by atoms with Crippen molar-refractivity contribution in [1.29, 1.82) is 0 Å². The lowest BCUT2D eigenvalue weighted by Gasteiger charge is -2.50. The number of carboxylic acids is 1. The smallest absolute Gasteiger partial charge is 0.283 e. The Kier molecular flexibility index (Phi) is 9.13. The third-order valence-electron chi connectivity index (χ3n) is 6.78. The number of thiazole rings is 1. The molecule has 0 radical (unpaired) electrons. The number of hydrogen-bond donors (Lipinski definition) is 3. The number of carbonyl (C=O) groups excluding carboxylic acids is 4. The summed E-state index contributed by atoms with van der Waals surface area (Å²) in [5.74, 6) is -2.83. The number of amides is 3. The van der Waals surface area contributed by atoms with Crippen molar-refractivity contribution in [2.45, 2.75) is 55.3 Å². The van der Waals surface area contributed by atoms with Crippen molar-refractivity contribution < 1.29 is 33.7 Å². The van der Waals surface area contributed by atoms with Crippen molar-refractivity contribution in [3.63, 3.8) is 0 Å². The second-order valence-corrected chi connectivity index (χ2v) is 12.6. The summed E-state index contributed by atoms with van der Waals surface area (Å²) in [4.78, 5) is 61.6. The van der Waals surface area contributed by atoms with E-state index in [9.17, 15) is 24.3 Å². The molecule has 1 saturated heterocycles. The molecule has 5 N–H and O–H groups in total. The Hall–Kier alpha value is -3.89. The van der Waals surface area contributed by atoms with Gasteiger partial charge in [-0.3, -0.25) is 14.4 Å². The van der Waals surface area contributed by atoms with Crippen molar-refractivity contribution in [2.75, 3.05) is 11.5 Å². The van der Waals surface area contributed by atoms with Gasteiger partial charge in [0.25, 0.3) is 17.7 Å². The number of nitrogens with two attached hydrogens (primary N) is 2. The minimum absolute atomic E-state index is 0.0631. The number of anilines is 1. The zero-order chi connectivity index (χ0) is 29.8. The highest BCUT2D eigenvalue weighted by Crippen LogP contribution is 2.40. The number of carboxylic acid groups (broad SMARTS) is 1. The minimum atomic E-state index is -1.49. The number of carbonyl (C=O) groups is 4. The first-order valence-electron chi connectivity index (χ1n) is 13.0. The highest BCUT2D eigenvalue weighted by atomic mass is 32.2. The van der Waals surface area contributed by atoms with Crippen LogP contribution in [0.3, 0.4) is 0 Å². The summed E-state index contributed by atoms with van der Waals surface area (Å²) < 4.78 is 1.64. The fourth-order valence-corrected chi connectivity index (χ4v) is 7.20. The fraction of sp³-hybridized carbons (Fsp3) is 0.346. The van der Waals surface area contributed by atoms with Crippen molar-refractivity contribution in [3.05, 3.63) is 57.7 Å². The summed E-state index contributed by atoms with van der Waals surface area (Å²) in [6.07, 6.45) is 8.64. The van der Waals surface area contributed by atoms with Crippen molar-refractivity contribution in [2.24, 2.45) is 10.9 Å². The van der Waals surface area contributed by atoms with Gasteiger partial charge in [-0.15, -0.1) is 23.1 Å². The second-order valence-electron chi connectivity index (χ2n) is 9.65. The summed E-state index contributed by atoms with van der Waals surface area (Å²) in [7, 11) is 0. The first-order chi connectivity index (χ1) is 20.2. The number of rotatable bonds is 11. The molecule has 0 aromatic carbocycles. The molecule has 220 valence electrons. The predicted octanol–water partition coefficient (Wildman–Crippen LogP) is -0.129. The van der Waals surface area contributed by atoms with Crippen LogP contribution in [0.1, 0.15) is 31.4 Å². The maximum absolute atomic E-state index is 13.3.